The summed E-state index contributed by atoms with van der Waals surface area (Å²) in [6, 6.07) is 10.5. The summed E-state index contributed by atoms with van der Waals surface area (Å²) in [7, 11) is 1.60. The molecule has 0 aliphatic carbocycles. The number of rotatable bonds is 3. The van der Waals surface area contributed by atoms with Gasteiger partial charge in [0.2, 0.25) is 0 Å². The zero-order valence-electron chi connectivity index (χ0n) is 13.4. The first-order valence-corrected chi connectivity index (χ1v) is 8.86. The van der Waals surface area contributed by atoms with Crippen LogP contribution in [0.15, 0.2) is 51.5 Å². The second-order valence-corrected chi connectivity index (χ2v) is 7.02. The Morgan fingerprint density at radius 1 is 1.16 bits per heavy atom. The Labute approximate surface area is 163 Å². The fourth-order valence-corrected chi connectivity index (χ4v) is 3.27. The van der Waals surface area contributed by atoms with Gasteiger partial charge in [-0.25, -0.2) is 0 Å². The standard InChI is InChI=1S/C18H13BrCl2N2O2/c1-10-13(7-11-3-6-17(25-2)14(19)8-11)18(24)23(22-10)12-4-5-15(20)16(21)9-12/h3-9H,1-2H3/b13-7-. The van der Waals surface area contributed by atoms with Gasteiger partial charge in [-0.2, -0.15) is 10.1 Å². The van der Waals surface area contributed by atoms with Crippen LogP contribution in [0.3, 0.4) is 0 Å². The number of hydrogen-bond acceptors (Lipinski definition) is 3. The van der Waals surface area contributed by atoms with E-state index in [-0.39, 0.29) is 5.91 Å². The molecule has 1 aliphatic rings. The fourth-order valence-electron chi connectivity index (χ4n) is 2.42. The van der Waals surface area contributed by atoms with E-state index in [2.05, 4.69) is 21.0 Å². The van der Waals surface area contributed by atoms with Gasteiger partial charge in [-0.05, 0) is 64.8 Å². The Bertz CT molecular complexity index is 925. The number of benzene rings is 2. The highest BCUT2D eigenvalue weighted by atomic mass is 79.9. The first-order valence-electron chi connectivity index (χ1n) is 7.31. The van der Waals surface area contributed by atoms with Gasteiger partial charge in [0.05, 0.1) is 38.6 Å². The predicted octanol–water partition coefficient (Wildman–Crippen LogP) is 5.57. The molecule has 128 valence electrons. The zero-order valence-corrected chi connectivity index (χ0v) is 16.5. The number of methoxy groups -OCH3 is 1. The van der Waals surface area contributed by atoms with Crippen LogP contribution in [-0.2, 0) is 4.79 Å². The highest BCUT2D eigenvalue weighted by molar-refractivity contribution is 9.10. The van der Waals surface area contributed by atoms with E-state index < -0.39 is 0 Å². The maximum Gasteiger partial charge on any atom is 0.280 e. The van der Waals surface area contributed by atoms with Crippen molar-refractivity contribution in [3.8, 4) is 5.75 Å². The highest BCUT2D eigenvalue weighted by Crippen LogP contribution is 2.31. The zero-order chi connectivity index (χ0) is 18.1. The molecule has 1 aliphatic heterocycles. The number of anilines is 1. The summed E-state index contributed by atoms with van der Waals surface area (Å²) in [5, 5.41) is 6.46. The molecule has 0 unspecified atom stereocenters. The normalized spacial score (nSPS) is 15.7. The van der Waals surface area contributed by atoms with E-state index >= 15 is 0 Å². The van der Waals surface area contributed by atoms with Crippen molar-refractivity contribution in [1.29, 1.82) is 0 Å². The Balaban J connectivity index is 1.94. The van der Waals surface area contributed by atoms with Crippen LogP contribution < -0.4 is 9.75 Å². The molecule has 1 heterocycles. The molecular formula is C18H13BrCl2N2O2. The number of nitrogens with zero attached hydrogens (tertiary/aromatic N) is 2. The van der Waals surface area contributed by atoms with Gasteiger partial charge in [0, 0.05) is 0 Å². The van der Waals surface area contributed by atoms with Crippen molar-refractivity contribution >= 4 is 62.5 Å². The summed E-state index contributed by atoms with van der Waals surface area (Å²) < 4.78 is 6.03. The maximum atomic E-state index is 12.8. The lowest BCUT2D eigenvalue weighted by Crippen LogP contribution is -2.21. The fraction of sp³-hybridized carbons (Fsp3) is 0.111. The molecule has 0 N–H and O–H groups in total. The minimum absolute atomic E-state index is 0.220. The maximum absolute atomic E-state index is 12.8. The van der Waals surface area contributed by atoms with Crippen LogP contribution in [0.4, 0.5) is 5.69 Å². The van der Waals surface area contributed by atoms with E-state index in [1.54, 1.807) is 38.3 Å². The van der Waals surface area contributed by atoms with E-state index in [1.165, 1.54) is 5.01 Å². The summed E-state index contributed by atoms with van der Waals surface area (Å²) in [4.78, 5) is 12.8. The molecule has 0 bridgehead atoms. The number of amides is 1. The van der Waals surface area contributed by atoms with Crippen LogP contribution in [-0.4, -0.2) is 18.7 Å². The Morgan fingerprint density at radius 2 is 1.92 bits per heavy atom. The first kappa shape index (κ1) is 18.0. The van der Waals surface area contributed by atoms with Gasteiger partial charge in [0.15, 0.2) is 0 Å². The molecular weight excluding hydrogens is 427 g/mol. The van der Waals surface area contributed by atoms with Crippen molar-refractivity contribution in [1.82, 2.24) is 0 Å². The molecule has 1 amide bonds. The second kappa shape index (κ2) is 7.20. The van der Waals surface area contributed by atoms with E-state index in [9.17, 15) is 4.79 Å². The third kappa shape index (κ3) is 3.59. The topological polar surface area (TPSA) is 41.9 Å². The van der Waals surface area contributed by atoms with Gasteiger partial charge in [-0.1, -0.05) is 29.3 Å². The SMILES string of the molecule is COc1ccc(/C=C2\C(=O)N(c3ccc(Cl)c(Cl)c3)N=C2C)cc1Br. The number of ether oxygens (including phenoxy) is 1. The monoisotopic (exact) mass is 438 g/mol. The average molecular weight is 440 g/mol. The molecule has 7 heteroatoms. The van der Waals surface area contributed by atoms with Crippen molar-refractivity contribution in [3.63, 3.8) is 0 Å². The minimum atomic E-state index is -0.220. The van der Waals surface area contributed by atoms with Gasteiger partial charge in [0.25, 0.3) is 5.91 Å². The van der Waals surface area contributed by atoms with Crippen LogP contribution >= 0.6 is 39.1 Å². The van der Waals surface area contributed by atoms with Gasteiger partial charge in [0.1, 0.15) is 5.75 Å². The second-order valence-electron chi connectivity index (χ2n) is 5.35. The highest BCUT2D eigenvalue weighted by Gasteiger charge is 2.29. The summed E-state index contributed by atoms with van der Waals surface area (Å²) >= 11 is 15.4. The third-order valence-corrected chi connectivity index (χ3v) is 5.06. The predicted molar refractivity (Wildman–Crippen MR) is 106 cm³/mol. The molecule has 0 fully saturated rings. The molecule has 4 nitrogen and oxygen atoms in total. The van der Waals surface area contributed by atoms with Crippen molar-refractivity contribution in [2.24, 2.45) is 5.10 Å². The summed E-state index contributed by atoms with van der Waals surface area (Å²) in [5.74, 6) is 0.505. The van der Waals surface area contributed by atoms with Crippen LogP contribution in [0.1, 0.15) is 12.5 Å². The summed E-state index contributed by atoms with van der Waals surface area (Å²) in [5.41, 5.74) is 2.57. The average Bonchev–Trinajstić information content (AvgIpc) is 2.86. The lowest BCUT2D eigenvalue weighted by Gasteiger charge is -2.12. The molecule has 0 aromatic heterocycles. The lowest BCUT2D eigenvalue weighted by molar-refractivity contribution is -0.114. The molecule has 0 saturated heterocycles. The van der Waals surface area contributed by atoms with Crippen molar-refractivity contribution in [3.05, 3.63) is 62.1 Å². The van der Waals surface area contributed by atoms with Gasteiger partial charge in [-0.15, -0.1) is 0 Å². The minimum Gasteiger partial charge on any atom is -0.496 e. The van der Waals surface area contributed by atoms with Crippen molar-refractivity contribution in [2.45, 2.75) is 6.92 Å². The molecule has 25 heavy (non-hydrogen) atoms. The molecule has 2 aromatic carbocycles. The smallest absolute Gasteiger partial charge is 0.280 e. The molecule has 2 aromatic rings. The number of carbonyl (C=O) groups excluding carboxylic acids is 1. The molecule has 0 atom stereocenters. The van der Waals surface area contributed by atoms with Crippen LogP contribution in [0.5, 0.6) is 5.75 Å². The van der Waals surface area contributed by atoms with Gasteiger partial charge >= 0.3 is 0 Å². The number of hydrazone groups is 1. The summed E-state index contributed by atoms with van der Waals surface area (Å²) in [6.07, 6.45) is 1.79. The number of hydrogen-bond donors (Lipinski definition) is 0. The first-order chi connectivity index (χ1) is 11.9. The molecule has 0 spiro atoms. The lowest BCUT2D eigenvalue weighted by atomic mass is 10.1. The van der Waals surface area contributed by atoms with E-state index in [0.29, 0.717) is 27.0 Å². The molecule has 3 rings (SSSR count). The third-order valence-electron chi connectivity index (χ3n) is 3.70. The quantitative estimate of drug-likeness (QED) is 0.586. The van der Waals surface area contributed by atoms with Crippen molar-refractivity contribution in [2.75, 3.05) is 12.1 Å². The van der Waals surface area contributed by atoms with Gasteiger partial charge in [-0.3, -0.25) is 4.79 Å². The Hall–Kier alpha value is -1.82. The molecule has 0 radical (unpaired) electrons. The van der Waals surface area contributed by atoms with E-state index in [0.717, 1.165) is 15.8 Å². The number of carbonyl (C=O) groups is 1. The van der Waals surface area contributed by atoms with Crippen LogP contribution in [0.25, 0.3) is 6.08 Å². The summed E-state index contributed by atoms with van der Waals surface area (Å²) in [6.45, 7) is 1.79. The number of halogens is 3. The van der Waals surface area contributed by atoms with E-state index in [1.807, 2.05) is 18.2 Å². The molecule has 0 saturated carbocycles. The largest absolute Gasteiger partial charge is 0.496 e. The van der Waals surface area contributed by atoms with Gasteiger partial charge < -0.3 is 4.74 Å². The van der Waals surface area contributed by atoms with Crippen molar-refractivity contribution < 1.29 is 9.53 Å². The van der Waals surface area contributed by atoms with E-state index in [4.69, 9.17) is 27.9 Å². The Morgan fingerprint density at radius 3 is 2.56 bits per heavy atom. The van der Waals surface area contributed by atoms with Crippen LogP contribution in [0.2, 0.25) is 10.0 Å². The van der Waals surface area contributed by atoms with Crippen LogP contribution in [0, 0.1) is 0 Å². The Kier molecular flexibility index (Phi) is 5.18.